The molecule has 0 radical (unpaired) electrons. The Kier molecular flexibility index (Phi) is 9.34. The minimum Gasteiger partial charge on any atom is -0.490 e. The molecule has 0 fully saturated rings. The Bertz CT molecular complexity index is 1040. The number of amides is 2. The standard InChI is InChI=1S/C27H31N3O4/c1-30(2)27(32)17-10-21-8-11-22(12-9-21)28-20-26(31)29-23-13-15-25(16-14-23)34-19-18-33-24-6-4-3-5-7-24/h3-9,11-16,28H,10,17-20H2,1-2H3,(H,29,31). The summed E-state index contributed by atoms with van der Waals surface area (Å²) in [6.07, 6.45) is 1.17. The van der Waals surface area contributed by atoms with Crippen LogP contribution >= 0.6 is 0 Å². The third-order valence-electron chi connectivity index (χ3n) is 5.04. The van der Waals surface area contributed by atoms with Gasteiger partial charge in [-0.05, 0) is 60.5 Å². The number of nitrogens with zero attached hydrogens (tertiary/aromatic N) is 1. The third-order valence-corrected chi connectivity index (χ3v) is 5.04. The molecule has 0 aliphatic rings. The summed E-state index contributed by atoms with van der Waals surface area (Å²) in [5, 5.41) is 5.97. The number of rotatable bonds is 12. The van der Waals surface area contributed by atoms with Gasteiger partial charge >= 0.3 is 0 Å². The van der Waals surface area contributed by atoms with Crippen molar-refractivity contribution in [3.05, 3.63) is 84.4 Å². The lowest BCUT2D eigenvalue weighted by Crippen LogP contribution is -2.22. The summed E-state index contributed by atoms with van der Waals surface area (Å²) in [7, 11) is 3.51. The molecule has 0 bridgehead atoms. The molecule has 3 rings (SSSR count). The molecule has 0 unspecified atom stereocenters. The van der Waals surface area contributed by atoms with Gasteiger partial charge in [-0.1, -0.05) is 30.3 Å². The van der Waals surface area contributed by atoms with E-state index in [-0.39, 0.29) is 18.4 Å². The van der Waals surface area contributed by atoms with Crippen molar-refractivity contribution < 1.29 is 19.1 Å². The van der Waals surface area contributed by atoms with Gasteiger partial charge in [0, 0.05) is 31.9 Å². The summed E-state index contributed by atoms with van der Waals surface area (Å²) in [6, 6.07) is 24.6. The van der Waals surface area contributed by atoms with Crippen molar-refractivity contribution >= 4 is 23.2 Å². The Labute approximate surface area is 200 Å². The molecular weight excluding hydrogens is 430 g/mol. The normalized spacial score (nSPS) is 10.3. The zero-order chi connectivity index (χ0) is 24.2. The minimum atomic E-state index is -0.148. The molecule has 0 saturated heterocycles. The molecule has 0 spiro atoms. The first-order chi connectivity index (χ1) is 16.5. The lowest BCUT2D eigenvalue weighted by molar-refractivity contribution is -0.128. The summed E-state index contributed by atoms with van der Waals surface area (Å²) in [5.41, 5.74) is 2.62. The zero-order valence-electron chi connectivity index (χ0n) is 19.6. The van der Waals surface area contributed by atoms with E-state index in [1.165, 1.54) is 0 Å². The zero-order valence-corrected chi connectivity index (χ0v) is 19.6. The smallest absolute Gasteiger partial charge is 0.243 e. The van der Waals surface area contributed by atoms with Crippen molar-refractivity contribution in [3.8, 4) is 11.5 Å². The maximum absolute atomic E-state index is 12.3. The largest absolute Gasteiger partial charge is 0.490 e. The Balaban J connectivity index is 1.34. The Hall–Kier alpha value is -4.00. The van der Waals surface area contributed by atoms with Crippen LogP contribution in [0.5, 0.6) is 11.5 Å². The van der Waals surface area contributed by atoms with Gasteiger partial charge in [0.05, 0.1) is 6.54 Å². The number of nitrogens with one attached hydrogen (secondary N) is 2. The van der Waals surface area contributed by atoms with Crippen LogP contribution in [0.15, 0.2) is 78.9 Å². The third kappa shape index (κ3) is 8.50. The van der Waals surface area contributed by atoms with Gasteiger partial charge in [0.15, 0.2) is 0 Å². The lowest BCUT2D eigenvalue weighted by atomic mass is 10.1. The van der Waals surface area contributed by atoms with Crippen LogP contribution in [0.1, 0.15) is 12.0 Å². The van der Waals surface area contributed by atoms with E-state index in [1.54, 1.807) is 31.1 Å². The number of para-hydroxylation sites is 1. The van der Waals surface area contributed by atoms with Crippen LogP contribution in [0.3, 0.4) is 0 Å². The van der Waals surface area contributed by atoms with E-state index >= 15 is 0 Å². The highest BCUT2D eigenvalue weighted by Crippen LogP contribution is 2.16. The first-order valence-corrected chi connectivity index (χ1v) is 11.2. The summed E-state index contributed by atoms with van der Waals surface area (Å²) in [6.45, 7) is 1.02. The molecule has 0 aliphatic carbocycles. The average molecular weight is 462 g/mol. The number of carbonyl (C=O) groups is 2. The first kappa shape index (κ1) is 24.6. The number of hydrogen-bond donors (Lipinski definition) is 2. The Morgan fingerprint density at radius 2 is 1.35 bits per heavy atom. The molecule has 7 nitrogen and oxygen atoms in total. The Morgan fingerprint density at radius 3 is 1.97 bits per heavy atom. The monoisotopic (exact) mass is 461 g/mol. The first-order valence-electron chi connectivity index (χ1n) is 11.2. The molecule has 34 heavy (non-hydrogen) atoms. The van der Waals surface area contributed by atoms with Crippen LogP contribution in [0, 0.1) is 0 Å². The van der Waals surface area contributed by atoms with Gasteiger partial charge in [-0.3, -0.25) is 9.59 Å². The maximum atomic E-state index is 12.3. The fourth-order valence-corrected chi connectivity index (χ4v) is 3.12. The molecule has 0 atom stereocenters. The van der Waals surface area contributed by atoms with E-state index in [0.717, 1.165) is 17.0 Å². The molecule has 0 heterocycles. The van der Waals surface area contributed by atoms with E-state index in [0.29, 0.717) is 37.5 Å². The molecule has 7 heteroatoms. The molecular formula is C27H31N3O4. The van der Waals surface area contributed by atoms with E-state index in [2.05, 4.69) is 10.6 Å². The number of aryl methyl sites for hydroxylation is 1. The van der Waals surface area contributed by atoms with Crippen LogP contribution in [-0.4, -0.2) is 50.6 Å². The highest BCUT2D eigenvalue weighted by Gasteiger charge is 2.06. The van der Waals surface area contributed by atoms with Gasteiger partial charge in [-0.15, -0.1) is 0 Å². The summed E-state index contributed by atoms with van der Waals surface area (Å²) in [5.74, 6) is 1.48. The minimum absolute atomic E-state index is 0.107. The lowest BCUT2D eigenvalue weighted by Gasteiger charge is -2.11. The van der Waals surface area contributed by atoms with Crippen LogP contribution in [-0.2, 0) is 16.0 Å². The van der Waals surface area contributed by atoms with Crippen LogP contribution < -0.4 is 20.1 Å². The number of ether oxygens (including phenoxy) is 2. The molecule has 178 valence electrons. The van der Waals surface area contributed by atoms with Crippen molar-refractivity contribution in [1.29, 1.82) is 0 Å². The van der Waals surface area contributed by atoms with Crippen molar-refractivity contribution in [2.45, 2.75) is 12.8 Å². The molecule has 2 N–H and O–H groups in total. The summed E-state index contributed by atoms with van der Waals surface area (Å²) >= 11 is 0. The SMILES string of the molecule is CN(C)C(=O)CCc1ccc(NCC(=O)Nc2ccc(OCCOc3ccccc3)cc2)cc1. The number of benzene rings is 3. The molecule has 2 amide bonds. The number of hydrogen-bond acceptors (Lipinski definition) is 5. The second-order valence-electron chi connectivity index (χ2n) is 7.92. The summed E-state index contributed by atoms with van der Waals surface area (Å²) in [4.78, 5) is 25.5. The predicted molar refractivity (Wildman–Crippen MR) is 134 cm³/mol. The molecule has 0 aromatic heterocycles. The number of carbonyl (C=O) groups excluding carboxylic acids is 2. The van der Waals surface area contributed by atoms with Crippen LogP contribution in [0.4, 0.5) is 11.4 Å². The second-order valence-corrected chi connectivity index (χ2v) is 7.92. The van der Waals surface area contributed by atoms with E-state index < -0.39 is 0 Å². The average Bonchev–Trinajstić information content (AvgIpc) is 2.86. The van der Waals surface area contributed by atoms with Gasteiger partial charge in [0.25, 0.3) is 0 Å². The van der Waals surface area contributed by atoms with Crippen LogP contribution in [0.25, 0.3) is 0 Å². The highest BCUT2D eigenvalue weighted by atomic mass is 16.5. The highest BCUT2D eigenvalue weighted by molar-refractivity contribution is 5.93. The second kappa shape index (κ2) is 12.9. The fraction of sp³-hybridized carbons (Fsp3) is 0.259. The van der Waals surface area contributed by atoms with E-state index in [4.69, 9.17) is 9.47 Å². The van der Waals surface area contributed by atoms with Crippen molar-refractivity contribution in [3.63, 3.8) is 0 Å². The molecule has 0 saturated carbocycles. The van der Waals surface area contributed by atoms with Gasteiger partial charge in [0.2, 0.25) is 11.8 Å². The van der Waals surface area contributed by atoms with Gasteiger partial charge in [-0.2, -0.15) is 0 Å². The number of anilines is 2. The van der Waals surface area contributed by atoms with Gasteiger partial charge in [0.1, 0.15) is 24.7 Å². The quantitative estimate of drug-likeness (QED) is 0.395. The topological polar surface area (TPSA) is 79.9 Å². The molecule has 3 aromatic rings. The van der Waals surface area contributed by atoms with Gasteiger partial charge < -0.3 is 25.0 Å². The van der Waals surface area contributed by atoms with E-state index in [9.17, 15) is 9.59 Å². The van der Waals surface area contributed by atoms with Crippen LogP contribution in [0.2, 0.25) is 0 Å². The van der Waals surface area contributed by atoms with E-state index in [1.807, 2.05) is 66.7 Å². The molecule has 0 aliphatic heterocycles. The molecule has 3 aromatic carbocycles. The van der Waals surface area contributed by atoms with Gasteiger partial charge in [-0.25, -0.2) is 0 Å². The fourth-order valence-electron chi connectivity index (χ4n) is 3.12. The summed E-state index contributed by atoms with van der Waals surface area (Å²) < 4.78 is 11.3. The van der Waals surface area contributed by atoms with Crippen molar-refractivity contribution in [1.82, 2.24) is 4.90 Å². The maximum Gasteiger partial charge on any atom is 0.243 e. The van der Waals surface area contributed by atoms with Crippen molar-refractivity contribution in [2.75, 3.05) is 44.5 Å². The Morgan fingerprint density at radius 1 is 0.765 bits per heavy atom. The van der Waals surface area contributed by atoms with Crippen molar-refractivity contribution in [2.24, 2.45) is 0 Å². The predicted octanol–water partition coefficient (Wildman–Crippen LogP) is 4.22.